The molecule has 1 heterocycles. The lowest BCUT2D eigenvalue weighted by molar-refractivity contribution is -0.130. The number of hydrogen-bond acceptors (Lipinski definition) is 3. The van der Waals surface area contributed by atoms with E-state index in [0.717, 1.165) is 51.6 Å². The van der Waals surface area contributed by atoms with Gasteiger partial charge in [0.2, 0.25) is 5.91 Å². The third kappa shape index (κ3) is 8.38. The van der Waals surface area contributed by atoms with Gasteiger partial charge in [0.1, 0.15) is 0 Å². The molecule has 0 spiro atoms. The molecule has 0 unspecified atom stereocenters. The van der Waals surface area contributed by atoms with Crippen LogP contribution in [0.15, 0.2) is 18.2 Å². The van der Waals surface area contributed by atoms with Gasteiger partial charge in [0.25, 0.3) is 0 Å². The molecule has 36 heavy (non-hydrogen) atoms. The number of aryl methyl sites for hydroxylation is 1. The fourth-order valence-corrected chi connectivity index (χ4v) is 6.20. The highest BCUT2D eigenvalue weighted by Crippen LogP contribution is 2.44. The first-order valence-corrected chi connectivity index (χ1v) is 14.6. The molecule has 1 amide bonds. The Balaban J connectivity index is 0.00000456. The van der Waals surface area contributed by atoms with E-state index in [1.54, 1.807) is 0 Å². The number of anilines is 1. The smallest absolute Gasteiger partial charge is 0.222 e. The van der Waals surface area contributed by atoms with Crippen LogP contribution >= 0.6 is 12.4 Å². The summed E-state index contributed by atoms with van der Waals surface area (Å²) >= 11 is 0. The monoisotopic (exact) mass is 519 g/mol. The Hall–Kier alpha value is -1.26. The second-order valence-electron chi connectivity index (χ2n) is 12.1. The summed E-state index contributed by atoms with van der Waals surface area (Å²) in [6, 6.07) is 7.26. The van der Waals surface area contributed by atoms with Crippen molar-refractivity contribution in [3.63, 3.8) is 0 Å². The zero-order valence-electron chi connectivity index (χ0n) is 24.2. The van der Waals surface area contributed by atoms with Crippen molar-refractivity contribution >= 4 is 24.0 Å². The number of benzene rings is 1. The van der Waals surface area contributed by atoms with E-state index in [2.05, 4.69) is 69.5 Å². The SMILES string of the molecule is CCCCN1CCN(c2cc(C3CCC(C(C)(C)C)CC3)ccc2CCC(=O)N(CC)CC)CC1.Cl. The number of unbranched alkanes of at least 4 members (excludes halogenated alkanes) is 1. The molecule has 0 aromatic heterocycles. The molecule has 2 aliphatic rings. The second-order valence-corrected chi connectivity index (χ2v) is 12.1. The van der Waals surface area contributed by atoms with E-state index in [9.17, 15) is 4.79 Å². The van der Waals surface area contributed by atoms with Crippen molar-refractivity contribution in [2.75, 3.05) is 50.7 Å². The van der Waals surface area contributed by atoms with Crippen molar-refractivity contribution in [1.29, 1.82) is 0 Å². The summed E-state index contributed by atoms with van der Waals surface area (Å²) < 4.78 is 0. The van der Waals surface area contributed by atoms with Crippen molar-refractivity contribution in [2.24, 2.45) is 11.3 Å². The van der Waals surface area contributed by atoms with Gasteiger partial charge in [-0.2, -0.15) is 0 Å². The van der Waals surface area contributed by atoms with E-state index in [4.69, 9.17) is 0 Å². The molecule has 4 nitrogen and oxygen atoms in total. The highest BCUT2D eigenvalue weighted by molar-refractivity contribution is 5.85. The number of nitrogens with zero attached hydrogens (tertiary/aromatic N) is 3. The maximum absolute atomic E-state index is 12.7. The largest absolute Gasteiger partial charge is 0.369 e. The standard InChI is InChI=1S/C31H53N3O.ClH/c1-7-10-19-32-20-22-34(23-21-32)29-24-27(25-13-16-28(17-14-25)31(4,5)6)12-11-26(29)15-18-30(35)33(8-2)9-3;/h11-12,24-25,28H,7-10,13-23H2,1-6H3;1H. The quantitative estimate of drug-likeness (QED) is 0.328. The fourth-order valence-electron chi connectivity index (χ4n) is 6.20. The molecule has 1 aromatic rings. The lowest BCUT2D eigenvalue weighted by atomic mass is 9.68. The summed E-state index contributed by atoms with van der Waals surface area (Å²) in [5.41, 5.74) is 4.72. The summed E-state index contributed by atoms with van der Waals surface area (Å²) in [7, 11) is 0. The van der Waals surface area contributed by atoms with Crippen molar-refractivity contribution in [3.8, 4) is 0 Å². The van der Waals surface area contributed by atoms with Crippen LogP contribution in [-0.4, -0.2) is 61.5 Å². The summed E-state index contributed by atoms with van der Waals surface area (Å²) in [6.07, 6.45) is 9.34. The van der Waals surface area contributed by atoms with E-state index in [0.29, 0.717) is 17.8 Å². The van der Waals surface area contributed by atoms with Crippen LogP contribution in [0.1, 0.15) is 104 Å². The predicted octanol–water partition coefficient (Wildman–Crippen LogP) is 7.15. The van der Waals surface area contributed by atoms with Crippen molar-refractivity contribution in [2.45, 2.75) is 98.8 Å². The van der Waals surface area contributed by atoms with Crippen molar-refractivity contribution < 1.29 is 4.79 Å². The first kappa shape index (κ1) is 31.0. The molecule has 206 valence electrons. The Morgan fingerprint density at radius 3 is 2.17 bits per heavy atom. The van der Waals surface area contributed by atoms with Crippen LogP contribution < -0.4 is 4.90 Å². The highest BCUT2D eigenvalue weighted by atomic mass is 35.5. The molecule has 5 heteroatoms. The highest BCUT2D eigenvalue weighted by Gasteiger charge is 2.31. The van der Waals surface area contributed by atoms with Gasteiger partial charge in [0, 0.05) is 51.4 Å². The van der Waals surface area contributed by atoms with Crippen LogP contribution in [0.4, 0.5) is 5.69 Å². The Labute approximate surface area is 228 Å². The Morgan fingerprint density at radius 2 is 1.61 bits per heavy atom. The van der Waals surface area contributed by atoms with Crippen LogP contribution in [0, 0.1) is 11.3 Å². The van der Waals surface area contributed by atoms with Gasteiger partial charge in [-0.05, 0) is 93.4 Å². The van der Waals surface area contributed by atoms with Gasteiger partial charge in [-0.15, -0.1) is 12.4 Å². The van der Waals surface area contributed by atoms with Gasteiger partial charge in [0.15, 0.2) is 0 Å². The lowest BCUT2D eigenvalue weighted by Crippen LogP contribution is -2.47. The van der Waals surface area contributed by atoms with Crippen molar-refractivity contribution in [1.82, 2.24) is 9.80 Å². The number of halogens is 1. The number of rotatable bonds is 10. The lowest BCUT2D eigenvalue weighted by Gasteiger charge is -2.39. The molecular weight excluding hydrogens is 466 g/mol. The Morgan fingerprint density at radius 1 is 0.972 bits per heavy atom. The molecule has 1 aliphatic carbocycles. The molecule has 1 saturated carbocycles. The maximum Gasteiger partial charge on any atom is 0.222 e. The number of carbonyl (C=O) groups is 1. The molecule has 0 radical (unpaired) electrons. The zero-order chi connectivity index (χ0) is 25.4. The van der Waals surface area contributed by atoms with Crippen LogP contribution in [0.2, 0.25) is 0 Å². The third-order valence-corrected chi connectivity index (χ3v) is 8.80. The normalized spacial score (nSPS) is 21.2. The number of carbonyl (C=O) groups excluding carboxylic acids is 1. The van der Waals surface area contributed by atoms with Crippen molar-refractivity contribution in [3.05, 3.63) is 29.3 Å². The zero-order valence-corrected chi connectivity index (χ0v) is 25.0. The van der Waals surface area contributed by atoms with Gasteiger partial charge in [-0.1, -0.05) is 46.2 Å². The van der Waals surface area contributed by atoms with Gasteiger partial charge in [0.05, 0.1) is 0 Å². The van der Waals surface area contributed by atoms with E-state index in [1.165, 1.54) is 61.9 Å². The summed E-state index contributed by atoms with van der Waals surface area (Å²) in [5.74, 6) is 1.82. The molecule has 2 fully saturated rings. The summed E-state index contributed by atoms with van der Waals surface area (Å²) in [6.45, 7) is 21.0. The number of piperazine rings is 1. The molecule has 0 atom stereocenters. The molecule has 1 saturated heterocycles. The van der Waals surface area contributed by atoms with Crippen LogP contribution in [0.5, 0.6) is 0 Å². The predicted molar refractivity (Wildman–Crippen MR) is 158 cm³/mol. The molecule has 1 aliphatic heterocycles. The average molecular weight is 520 g/mol. The second kappa shape index (κ2) is 14.6. The number of amides is 1. The number of hydrogen-bond donors (Lipinski definition) is 0. The average Bonchev–Trinajstić information content (AvgIpc) is 2.87. The Bertz CT molecular complexity index is 786. The van der Waals surface area contributed by atoms with Gasteiger partial charge in [-0.25, -0.2) is 0 Å². The van der Waals surface area contributed by atoms with E-state index in [-0.39, 0.29) is 18.3 Å². The van der Waals surface area contributed by atoms with E-state index < -0.39 is 0 Å². The van der Waals surface area contributed by atoms with Crippen LogP contribution in [-0.2, 0) is 11.2 Å². The van der Waals surface area contributed by atoms with Gasteiger partial charge >= 0.3 is 0 Å². The fraction of sp³-hybridized carbons (Fsp3) is 0.774. The maximum atomic E-state index is 12.7. The summed E-state index contributed by atoms with van der Waals surface area (Å²) in [5, 5.41) is 0. The minimum absolute atomic E-state index is 0. The minimum atomic E-state index is 0. The molecule has 3 rings (SSSR count). The first-order valence-electron chi connectivity index (χ1n) is 14.6. The molecular formula is C31H54ClN3O. The van der Waals surface area contributed by atoms with Gasteiger partial charge < -0.3 is 9.80 Å². The van der Waals surface area contributed by atoms with Crippen LogP contribution in [0.25, 0.3) is 0 Å². The van der Waals surface area contributed by atoms with Gasteiger partial charge in [-0.3, -0.25) is 9.69 Å². The Kier molecular flexibility index (Phi) is 12.6. The van der Waals surface area contributed by atoms with E-state index >= 15 is 0 Å². The summed E-state index contributed by atoms with van der Waals surface area (Å²) in [4.78, 5) is 19.9. The minimum Gasteiger partial charge on any atom is -0.369 e. The molecule has 0 N–H and O–H groups in total. The molecule has 0 bridgehead atoms. The van der Waals surface area contributed by atoms with E-state index in [1.807, 2.05) is 4.90 Å². The first-order chi connectivity index (χ1) is 16.8. The topological polar surface area (TPSA) is 26.8 Å². The van der Waals surface area contributed by atoms with Crippen LogP contribution in [0.3, 0.4) is 0 Å². The molecule has 1 aromatic carbocycles. The third-order valence-electron chi connectivity index (χ3n) is 8.80.